The van der Waals surface area contributed by atoms with Gasteiger partial charge in [-0.1, -0.05) is 247 Å². The normalized spacial score (nSPS) is 11.5. The molecule has 3 heterocycles. The zero-order valence-corrected chi connectivity index (χ0v) is 58.1. The molecule has 0 fully saturated rings. The number of halogens is 6. The van der Waals surface area contributed by atoms with Crippen LogP contribution in [-0.2, 0) is 24.8 Å². The Kier molecular flexibility index (Phi) is 32.9. The summed E-state index contributed by atoms with van der Waals surface area (Å²) in [6, 6.07) is 68.5. The van der Waals surface area contributed by atoms with E-state index in [0.717, 1.165) is 68.0 Å². The van der Waals surface area contributed by atoms with Crippen LogP contribution in [0.3, 0.4) is 0 Å². The molecule has 6 aromatic carbocycles. The summed E-state index contributed by atoms with van der Waals surface area (Å²) in [6.07, 6.45) is 5.47. The van der Waals surface area contributed by atoms with E-state index in [9.17, 15) is 0 Å². The van der Waals surface area contributed by atoms with Crippen molar-refractivity contribution in [3.63, 3.8) is 0 Å². The van der Waals surface area contributed by atoms with Crippen molar-refractivity contribution in [2.75, 3.05) is 0 Å². The molecule has 0 unspecified atom stereocenters. The summed E-state index contributed by atoms with van der Waals surface area (Å²) in [5, 5.41) is 0. The Bertz CT molecular complexity index is 2910. The third kappa shape index (κ3) is 22.6. The molecule has 0 saturated carbocycles. The van der Waals surface area contributed by atoms with Crippen LogP contribution in [0.1, 0.15) is 186 Å². The number of hydrogen-bond acceptors (Lipinski definition) is 6. The first-order valence-electron chi connectivity index (χ1n) is 28.5. The minimum absolute atomic E-state index is 0. The molecule has 0 aliphatic rings. The fourth-order valence-electron chi connectivity index (χ4n) is 9.36. The van der Waals surface area contributed by atoms with Gasteiger partial charge in [-0.15, -0.1) is 0 Å². The zero-order chi connectivity index (χ0) is 61.8. The number of hydrogen-bond donors (Lipinski definition) is 0. The molecule has 86 heavy (non-hydrogen) atoms. The summed E-state index contributed by atoms with van der Waals surface area (Å²) in [4.78, 5) is 29.3. The molecule has 0 aliphatic carbocycles. The Morgan fingerprint density at radius 3 is 0.663 bits per heavy atom. The summed E-state index contributed by atoms with van der Waals surface area (Å²) in [6.45, 7) is 26.7. The second-order valence-electron chi connectivity index (χ2n) is 21.6. The Balaban J connectivity index is 0.000000260. The van der Waals surface area contributed by atoms with Crippen molar-refractivity contribution < 1.29 is 37.2 Å². The second-order valence-corrected chi connectivity index (χ2v) is 30.1. The molecule has 0 radical (unpaired) electrons. The molecular formula is C72H78Cl6Cr2N6-. The molecule has 0 amide bonds. The van der Waals surface area contributed by atoms with Crippen molar-refractivity contribution in [2.24, 2.45) is 15.0 Å². The van der Waals surface area contributed by atoms with E-state index in [-0.39, 0.29) is 25.8 Å². The first-order valence-corrected chi connectivity index (χ1v) is 37.3. The quantitative estimate of drug-likeness (QED) is 0.0960. The van der Waals surface area contributed by atoms with Gasteiger partial charge in [-0.2, -0.15) is 0 Å². The third-order valence-electron chi connectivity index (χ3n) is 13.6. The van der Waals surface area contributed by atoms with Gasteiger partial charge in [0, 0.05) is 35.3 Å². The van der Waals surface area contributed by atoms with Crippen LogP contribution in [0.2, 0.25) is 0 Å². The summed E-state index contributed by atoms with van der Waals surface area (Å²) in [5.74, 6) is 2.46. The van der Waals surface area contributed by atoms with Gasteiger partial charge >= 0.3 is 75.0 Å². The maximum atomic E-state index is 5.20. The number of rotatable bonds is 15. The van der Waals surface area contributed by atoms with Gasteiger partial charge in [-0.3, -0.25) is 15.0 Å². The van der Waals surface area contributed by atoms with E-state index in [1.165, 1.54) is 33.4 Å². The predicted molar refractivity (Wildman–Crippen MR) is 361 cm³/mol. The minimum atomic E-state index is -1.62. The standard InChI is InChI=1S/3C24H26N2.6ClH.2Cr/c3*1-17(2)20-13-10-14-21(18(3)4)24(20)26-23(19-11-6-5-7-12-19)22-15-8-9-16-25-22;;;;;;;;/h3*5-18H,1-4H3;6*1H;;/q;;;;;;;;;+2;+3/p-6. The van der Waals surface area contributed by atoms with Gasteiger partial charge in [0.2, 0.25) is 0 Å². The molecule has 3 aromatic heterocycles. The molecule has 0 aliphatic heterocycles. The van der Waals surface area contributed by atoms with Crippen LogP contribution < -0.4 is 12.4 Å². The molecule has 0 saturated heterocycles. The van der Waals surface area contributed by atoms with Crippen LogP contribution in [0, 0.1) is 0 Å². The molecule has 14 heteroatoms. The van der Waals surface area contributed by atoms with Crippen molar-refractivity contribution in [1.82, 2.24) is 15.0 Å². The molecule has 0 spiro atoms. The summed E-state index contributed by atoms with van der Waals surface area (Å²) >= 11 is -1.81. The van der Waals surface area contributed by atoms with Gasteiger partial charge in [-0.05, 0) is 105 Å². The average molecular weight is 1340 g/mol. The van der Waals surface area contributed by atoms with Gasteiger partial charge in [0.1, 0.15) is 0 Å². The van der Waals surface area contributed by atoms with E-state index in [1.54, 1.807) is 0 Å². The number of aliphatic imine (C=N–C) groups is 3. The molecule has 9 rings (SSSR count). The number of pyridine rings is 3. The zero-order valence-electron chi connectivity index (χ0n) is 51.0. The molecule has 0 bridgehead atoms. The Labute approximate surface area is 551 Å². The van der Waals surface area contributed by atoms with Crippen molar-refractivity contribution >= 4 is 84.4 Å². The summed E-state index contributed by atoms with van der Waals surface area (Å²) in [5.41, 5.74) is 19.6. The number of nitrogens with zero attached hydrogens (tertiary/aromatic N) is 6. The monoisotopic (exact) mass is 1340 g/mol. The fourth-order valence-corrected chi connectivity index (χ4v) is 9.36. The van der Waals surface area contributed by atoms with Crippen molar-refractivity contribution in [2.45, 2.75) is 119 Å². The molecule has 9 aromatic rings. The van der Waals surface area contributed by atoms with Crippen molar-refractivity contribution in [1.29, 1.82) is 0 Å². The van der Waals surface area contributed by atoms with Crippen LogP contribution in [0.25, 0.3) is 0 Å². The van der Waals surface area contributed by atoms with Gasteiger partial charge in [0.25, 0.3) is 0 Å². The van der Waals surface area contributed by atoms with Gasteiger partial charge in [0.15, 0.2) is 0 Å². The number of aromatic nitrogens is 3. The Morgan fingerprint density at radius 2 is 0.500 bits per heavy atom. The molecule has 0 N–H and O–H groups in total. The van der Waals surface area contributed by atoms with Gasteiger partial charge in [-0.25, -0.2) is 15.0 Å². The van der Waals surface area contributed by atoms with Crippen LogP contribution >= 0.6 is 50.2 Å². The maximum absolute atomic E-state index is 5.20. The Morgan fingerprint density at radius 1 is 0.314 bits per heavy atom. The van der Waals surface area contributed by atoms with Crippen molar-refractivity contribution in [3.8, 4) is 0 Å². The topological polar surface area (TPSA) is 75.8 Å². The SMILES string of the molecule is CC(C)c1cccc(C(C)C)c1N=C(c1ccccc1)c1ccccn1.CC(C)c1cccc(C(C)C)c1N=C(c1ccccc1)c1ccccn1.CC(C)c1cccc(C(C)C)c1N=C(c1ccccc1)c1ccccn1.[Cl-].[Cl][Cr]([Cl])[Cl].[Cl][Cr][Cl]. The van der Waals surface area contributed by atoms with Crippen LogP contribution in [0.4, 0.5) is 17.1 Å². The first kappa shape index (κ1) is 73.1. The fraction of sp³-hybridized carbons (Fsp3) is 0.250. The molecule has 0 atom stereocenters. The van der Waals surface area contributed by atoms with E-state index in [1.807, 2.05) is 128 Å². The third-order valence-corrected chi connectivity index (χ3v) is 13.6. The molecular weight excluding hydrogens is 1270 g/mol. The van der Waals surface area contributed by atoms with E-state index in [2.05, 4.69) is 189 Å². The molecule has 451 valence electrons. The summed E-state index contributed by atoms with van der Waals surface area (Å²) < 4.78 is 0. The van der Waals surface area contributed by atoms with E-state index in [0.29, 0.717) is 35.5 Å². The van der Waals surface area contributed by atoms with Crippen molar-refractivity contribution in [3.05, 3.63) is 286 Å². The Hall–Kier alpha value is -5.42. The van der Waals surface area contributed by atoms with Gasteiger partial charge < -0.3 is 12.4 Å². The van der Waals surface area contributed by atoms with E-state index in [4.69, 9.17) is 65.2 Å². The van der Waals surface area contributed by atoms with Crippen LogP contribution in [0.15, 0.2) is 234 Å². The van der Waals surface area contributed by atoms with Crippen LogP contribution in [-0.4, -0.2) is 32.1 Å². The van der Waals surface area contributed by atoms with Crippen LogP contribution in [0.5, 0.6) is 0 Å². The predicted octanol–water partition coefficient (Wildman–Crippen LogP) is 19.9. The number of para-hydroxylation sites is 3. The second kappa shape index (κ2) is 38.8. The summed E-state index contributed by atoms with van der Waals surface area (Å²) in [7, 11) is 24.4. The number of benzene rings is 6. The van der Waals surface area contributed by atoms with Gasteiger partial charge in [0.05, 0.1) is 51.3 Å². The first-order chi connectivity index (χ1) is 40.9. The average Bonchev–Trinajstić information content (AvgIpc) is 1.74. The molecule has 6 nitrogen and oxygen atoms in total. The van der Waals surface area contributed by atoms with E-state index < -0.39 is 11.4 Å². The van der Waals surface area contributed by atoms with E-state index >= 15 is 0 Å².